The van der Waals surface area contributed by atoms with Gasteiger partial charge in [0.2, 0.25) is 0 Å². The molecule has 5 heteroatoms. The van der Waals surface area contributed by atoms with Gasteiger partial charge in [0.25, 0.3) is 0 Å². The molecule has 0 amide bonds. The van der Waals surface area contributed by atoms with Crippen LogP contribution in [-0.4, -0.2) is 30.8 Å². The van der Waals surface area contributed by atoms with Crippen molar-refractivity contribution in [3.05, 3.63) is 0 Å². The molecular weight excluding hydrogens is 191 g/mol. The van der Waals surface area contributed by atoms with E-state index in [1.807, 2.05) is 0 Å². The first-order valence-electron chi connectivity index (χ1n) is 3.19. The van der Waals surface area contributed by atoms with Crippen LogP contribution in [0.3, 0.4) is 0 Å². The van der Waals surface area contributed by atoms with E-state index in [-0.39, 0.29) is 17.6 Å². The minimum atomic E-state index is 0. The maximum Gasteiger partial charge on any atom is 0.120 e. The Morgan fingerprint density at radius 1 is 0.818 bits per heavy atom. The number of ether oxygens (including phenoxy) is 2. The van der Waals surface area contributed by atoms with Gasteiger partial charge >= 0.3 is 0 Å². The van der Waals surface area contributed by atoms with Crippen LogP contribution in [-0.2, 0) is 9.47 Å². The summed E-state index contributed by atoms with van der Waals surface area (Å²) in [5.41, 5.74) is 0. The zero-order chi connectivity index (χ0) is 7.66. The molecule has 0 aromatic rings. The Labute approximate surface area is 76.9 Å². The standard InChI is InChI=1S/C6H12Cl2O2.H2O/c7-5-9-3-1-2-4-10-6-8;/h1-6H2;1H2. The van der Waals surface area contributed by atoms with Crippen LogP contribution < -0.4 is 0 Å². The Morgan fingerprint density at radius 2 is 1.18 bits per heavy atom. The SMILES string of the molecule is ClCOCCCCOCCl.O. The first-order chi connectivity index (χ1) is 4.91. The fraction of sp³-hybridized carbons (Fsp3) is 1.00. The van der Waals surface area contributed by atoms with Crippen LogP contribution in [0.25, 0.3) is 0 Å². The fourth-order valence-corrected chi connectivity index (χ4v) is 0.736. The molecule has 0 rings (SSSR count). The van der Waals surface area contributed by atoms with Crippen molar-refractivity contribution in [2.75, 3.05) is 25.3 Å². The quantitative estimate of drug-likeness (QED) is 0.465. The molecule has 0 aliphatic carbocycles. The van der Waals surface area contributed by atoms with Gasteiger partial charge in [-0.05, 0) is 12.8 Å². The molecule has 0 unspecified atom stereocenters. The van der Waals surface area contributed by atoms with E-state index in [1.54, 1.807) is 0 Å². The third-order valence-corrected chi connectivity index (χ3v) is 1.29. The van der Waals surface area contributed by atoms with Crippen LogP contribution in [0.5, 0.6) is 0 Å². The molecule has 0 spiro atoms. The Morgan fingerprint density at radius 3 is 1.45 bits per heavy atom. The van der Waals surface area contributed by atoms with Gasteiger partial charge in [-0.15, -0.1) is 0 Å². The van der Waals surface area contributed by atoms with Crippen molar-refractivity contribution < 1.29 is 14.9 Å². The van der Waals surface area contributed by atoms with Gasteiger partial charge in [-0.25, -0.2) is 0 Å². The smallest absolute Gasteiger partial charge is 0.120 e. The van der Waals surface area contributed by atoms with Gasteiger partial charge < -0.3 is 14.9 Å². The summed E-state index contributed by atoms with van der Waals surface area (Å²) in [6.45, 7) is 1.41. The lowest BCUT2D eigenvalue weighted by Gasteiger charge is -1.99. The molecule has 0 bridgehead atoms. The van der Waals surface area contributed by atoms with Gasteiger partial charge in [0.1, 0.15) is 12.1 Å². The van der Waals surface area contributed by atoms with E-state index in [0.717, 1.165) is 12.8 Å². The van der Waals surface area contributed by atoms with Crippen LogP contribution in [0.4, 0.5) is 0 Å². The lowest BCUT2D eigenvalue weighted by molar-refractivity contribution is 0.142. The normalized spacial score (nSPS) is 9.27. The van der Waals surface area contributed by atoms with Gasteiger partial charge in [0.05, 0.1) is 0 Å². The van der Waals surface area contributed by atoms with Crippen molar-refractivity contribution in [3.63, 3.8) is 0 Å². The Hall–Kier alpha value is 0.460. The molecule has 0 saturated heterocycles. The highest BCUT2D eigenvalue weighted by Crippen LogP contribution is 1.92. The lowest BCUT2D eigenvalue weighted by Crippen LogP contribution is -1.96. The first kappa shape index (κ1) is 14.0. The molecule has 0 aliphatic heterocycles. The molecule has 0 aromatic carbocycles. The second-order valence-corrected chi connectivity index (χ2v) is 2.18. The Bertz CT molecular complexity index is 55.8. The first-order valence-corrected chi connectivity index (χ1v) is 4.26. The number of halogens is 2. The highest BCUT2D eigenvalue weighted by Gasteiger charge is 1.87. The molecule has 0 aliphatic rings. The molecule has 70 valence electrons. The highest BCUT2D eigenvalue weighted by molar-refractivity contribution is 6.17. The zero-order valence-corrected chi connectivity index (χ0v) is 7.83. The second kappa shape index (κ2) is 13.1. The summed E-state index contributed by atoms with van der Waals surface area (Å²) in [6.07, 6.45) is 1.95. The summed E-state index contributed by atoms with van der Waals surface area (Å²) in [5, 5.41) is 0. The van der Waals surface area contributed by atoms with Crippen LogP contribution in [0.1, 0.15) is 12.8 Å². The second-order valence-electron chi connectivity index (χ2n) is 1.74. The minimum absolute atomic E-state index is 0. The Kier molecular flexibility index (Phi) is 16.7. The van der Waals surface area contributed by atoms with Crippen molar-refractivity contribution in [3.8, 4) is 0 Å². The van der Waals surface area contributed by atoms with Gasteiger partial charge in [0.15, 0.2) is 0 Å². The number of unbranched alkanes of at least 4 members (excludes halogenated alkanes) is 1. The predicted molar refractivity (Wildman–Crippen MR) is 46.2 cm³/mol. The van der Waals surface area contributed by atoms with Crippen molar-refractivity contribution >= 4 is 23.2 Å². The average Bonchev–Trinajstić information content (AvgIpc) is 1.97. The van der Waals surface area contributed by atoms with Crippen LogP contribution in [0.15, 0.2) is 0 Å². The third kappa shape index (κ3) is 13.5. The summed E-state index contributed by atoms with van der Waals surface area (Å²) in [4.78, 5) is 0. The van der Waals surface area contributed by atoms with Gasteiger partial charge in [0, 0.05) is 13.2 Å². The molecule has 0 aromatic heterocycles. The average molecular weight is 205 g/mol. The van der Waals surface area contributed by atoms with E-state index < -0.39 is 0 Å². The maximum absolute atomic E-state index is 5.27. The van der Waals surface area contributed by atoms with E-state index in [4.69, 9.17) is 32.7 Å². The van der Waals surface area contributed by atoms with Gasteiger partial charge in [-0.1, -0.05) is 23.2 Å². The van der Waals surface area contributed by atoms with Crippen molar-refractivity contribution in [1.82, 2.24) is 0 Å². The van der Waals surface area contributed by atoms with Crippen molar-refractivity contribution in [2.45, 2.75) is 12.8 Å². The number of hydrogen-bond acceptors (Lipinski definition) is 2. The van der Waals surface area contributed by atoms with E-state index in [1.165, 1.54) is 0 Å². The zero-order valence-electron chi connectivity index (χ0n) is 6.32. The van der Waals surface area contributed by atoms with Crippen LogP contribution in [0, 0.1) is 0 Å². The molecule has 0 radical (unpaired) electrons. The summed E-state index contributed by atoms with van der Waals surface area (Å²) >= 11 is 10.5. The lowest BCUT2D eigenvalue weighted by atomic mass is 10.3. The predicted octanol–water partition coefficient (Wildman–Crippen LogP) is 1.37. The molecule has 2 N–H and O–H groups in total. The van der Waals surface area contributed by atoms with Gasteiger partial charge in [-0.2, -0.15) is 0 Å². The summed E-state index contributed by atoms with van der Waals surface area (Å²) in [6, 6.07) is 0.548. The number of alkyl halides is 2. The van der Waals surface area contributed by atoms with E-state index >= 15 is 0 Å². The monoisotopic (exact) mass is 204 g/mol. The summed E-state index contributed by atoms with van der Waals surface area (Å²) in [7, 11) is 0. The molecule has 3 nitrogen and oxygen atoms in total. The van der Waals surface area contributed by atoms with Gasteiger partial charge in [-0.3, -0.25) is 0 Å². The van der Waals surface area contributed by atoms with E-state index in [2.05, 4.69) is 0 Å². The summed E-state index contributed by atoms with van der Waals surface area (Å²) < 4.78 is 9.78. The largest absolute Gasteiger partial charge is 0.412 e. The fourth-order valence-electron chi connectivity index (χ4n) is 0.517. The van der Waals surface area contributed by atoms with E-state index in [9.17, 15) is 0 Å². The molecule has 0 heterocycles. The maximum atomic E-state index is 5.27. The number of hydrogen-bond donors (Lipinski definition) is 0. The third-order valence-electron chi connectivity index (χ3n) is 0.982. The van der Waals surface area contributed by atoms with Crippen molar-refractivity contribution in [2.24, 2.45) is 0 Å². The van der Waals surface area contributed by atoms with Crippen LogP contribution >= 0.6 is 23.2 Å². The molecule has 0 atom stereocenters. The van der Waals surface area contributed by atoms with E-state index in [0.29, 0.717) is 13.2 Å². The number of rotatable bonds is 7. The Balaban J connectivity index is 0. The highest BCUT2D eigenvalue weighted by atomic mass is 35.5. The minimum Gasteiger partial charge on any atom is -0.412 e. The topological polar surface area (TPSA) is 50.0 Å². The summed E-state index contributed by atoms with van der Waals surface area (Å²) in [5.74, 6) is 0. The van der Waals surface area contributed by atoms with Crippen LogP contribution in [0.2, 0.25) is 0 Å². The van der Waals surface area contributed by atoms with Crippen molar-refractivity contribution in [1.29, 1.82) is 0 Å². The molecule has 0 fully saturated rings. The molecular formula is C6H14Cl2O3. The molecule has 0 saturated carbocycles. The molecule has 11 heavy (non-hydrogen) atoms.